The van der Waals surface area contributed by atoms with Crippen molar-refractivity contribution in [2.45, 2.75) is 12.5 Å². The number of nitrogens with two attached hydrogens (primary N) is 1. The van der Waals surface area contributed by atoms with Crippen molar-refractivity contribution >= 4 is 29.3 Å². The van der Waals surface area contributed by atoms with Gasteiger partial charge in [-0.2, -0.15) is 11.8 Å². The lowest BCUT2D eigenvalue weighted by molar-refractivity contribution is -0.138. The fourth-order valence-electron chi connectivity index (χ4n) is 1.19. The first kappa shape index (κ1) is 15.1. The minimum Gasteiger partial charge on any atom is -0.493 e. The van der Waals surface area contributed by atoms with E-state index in [2.05, 4.69) is 0 Å². The van der Waals surface area contributed by atoms with Crippen LogP contribution >= 0.6 is 23.4 Å². The normalized spacial score (nSPS) is 12.1. The summed E-state index contributed by atoms with van der Waals surface area (Å²) in [7, 11) is 0. The van der Waals surface area contributed by atoms with Gasteiger partial charge >= 0.3 is 5.97 Å². The number of thioether (sulfide) groups is 1. The molecule has 0 saturated carbocycles. The highest BCUT2D eigenvalue weighted by Gasteiger charge is 2.09. The van der Waals surface area contributed by atoms with E-state index in [-0.39, 0.29) is 0 Å². The maximum Gasteiger partial charge on any atom is 0.320 e. The van der Waals surface area contributed by atoms with E-state index in [4.69, 9.17) is 27.2 Å². The van der Waals surface area contributed by atoms with Gasteiger partial charge in [0.15, 0.2) is 0 Å². The molecule has 6 heteroatoms. The minimum atomic E-state index is -0.951. The third kappa shape index (κ3) is 6.14. The lowest BCUT2D eigenvalue weighted by atomic mass is 10.2. The molecule has 0 aliphatic rings. The summed E-state index contributed by atoms with van der Waals surface area (Å²) in [6.07, 6.45) is 0.473. The molecule has 0 amide bonds. The van der Waals surface area contributed by atoms with Gasteiger partial charge in [0, 0.05) is 10.8 Å². The number of hydrogen-bond donors (Lipinski definition) is 2. The molecule has 0 aliphatic heterocycles. The molecule has 0 fully saturated rings. The van der Waals surface area contributed by atoms with Crippen molar-refractivity contribution < 1.29 is 14.6 Å². The van der Waals surface area contributed by atoms with Crippen LogP contribution in [0.2, 0.25) is 5.02 Å². The van der Waals surface area contributed by atoms with E-state index in [0.29, 0.717) is 18.1 Å². The summed E-state index contributed by atoms with van der Waals surface area (Å²) in [6.45, 7) is 0.578. The van der Waals surface area contributed by atoms with Gasteiger partial charge in [-0.1, -0.05) is 11.6 Å². The summed E-state index contributed by atoms with van der Waals surface area (Å²) in [6, 6.07) is 6.40. The van der Waals surface area contributed by atoms with Crippen molar-refractivity contribution in [3.8, 4) is 5.75 Å². The number of halogens is 1. The Morgan fingerprint density at radius 1 is 1.39 bits per heavy atom. The van der Waals surface area contributed by atoms with Gasteiger partial charge in [0.1, 0.15) is 11.8 Å². The van der Waals surface area contributed by atoms with Gasteiger partial charge in [-0.3, -0.25) is 4.79 Å². The average Bonchev–Trinajstić information content (AvgIpc) is 2.35. The Kier molecular flexibility index (Phi) is 6.93. The Balaban J connectivity index is 2.05. The predicted molar refractivity (Wildman–Crippen MR) is 74.5 cm³/mol. The number of carboxylic acids is 1. The number of ether oxygens (including phenoxy) is 1. The van der Waals surface area contributed by atoms with Crippen LogP contribution in [0, 0.1) is 0 Å². The smallest absolute Gasteiger partial charge is 0.320 e. The molecule has 4 nitrogen and oxygen atoms in total. The van der Waals surface area contributed by atoms with Crippen molar-refractivity contribution in [2.75, 3.05) is 18.1 Å². The topological polar surface area (TPSA) is 72.5 Å². The molecule has 100 valence electrons. The Bertz CT molecular complexity index is 372. The molecule has 0 spiro atoms. The zero-order chi connectivity index (χ0) is 13.4. The number of hydrogen-bond acceptors (Lipinski definition) is 4. The zero-order valence-electron chi connectivity index (χ0n) is 9.84. The molecule has 1 rings (SSSR count). The number of carboxylic acid groups (broad SMARTS) is 1. The van der Waals surface area contributed by atoms with E-state index in [9.17, 15) is 4.79 Å². The van der Waals surface area contributed by atoms with Crippen LogP contribution in [0.5, 0.6) is 5.75 Å². The third-order valence-corrected chi connectivity index (χ3v) is 3.43. The van der Waals surface area contributed by atoms with Crippen molar-refractivity contribution in [1.29, 1.82) is 0 Å². The SMILES string of the molecule is NC(CCSCCOc1ccc(Cl)cc1)C(=O)O. The first-order chi connectivity index (χ1) is 8.59. The highest BCUT2D eigenvalue weighted by atomic mass is 35.5. The fourth-order valence-corrected chi connectivity index (χ4v) is 2.14. The monoisotopic (exact) mass is 289 g/mol. The van der Waals surface area contributed by atoms with E-state index >= 15 is 0 Å². The van der Waals surface area contributed by atoms with Crippen LogP contribution in [0.15, 0.2) is 24.3 Å². The maximum atomic E-state index is 10.5. The lowest BCUT2D eigenvalue weighted by Gasteiger charge is -2.07. The number of aliphatic carboxylic acids is 1. The van der Waals surface area contributed by atoms with Crippen LogP contribution in [-0.2, 0) is 4.79 Å². The van der Waals surface area contributed by atoms with E-state index in [0.717, 1.165) is 17.3 Å². The first-order valence-electron chi connectivity index (χ1n) is 5.54. The largest absolute Gasteiger partial charge is 0.493 e. The zero-order valence-corrected chi connectivity index (χ0v) is 11.4. The van der Waals surface area contributed by atoms with Crippen molar-refractivity contribution in [2.24, 2.45) is 5.73 Å². The maximum absolute atomic E-state index is 10.5. The molecule has 1 aromatic carbocycles. The van der Waals surface area contributed by atoms with Crippen LogP contribution in [-0.4, -0.2) is 35.2 Å². The molecule has 0 aromatic heterocycles. The highest BCUT2D eigenvalue weighted by Crippen LogP contribution is 2.15. The lowest BCUT2D eigenvalue weighted by Crippen LogP contribution is -2.30. The second-order valence-electron chi connectivity index (χ2n) is 3.65. The van der Waals surface area contributed by atoms with Gasteiger partial charge < -0.3 is 15.6 Å². The molecule has 0 radical (unpaired) electrons. The van der Waals surface area contributed by atoms with Crippen molar-refractivity contribution in [3.63, 3.8) is 0 Å². The number of carbonyl (C=O) groups is 1. The molecule has 1 aromatic rings. The van der Waals surface area contributed by atoms with Crippen LogP contribution in [0.25, 0.3) is 0 Å². The summed E-state index contributed by atoms with van der Waals surface area (Å²) in [4.78, 5) is 10.5. The summed E-state index contributed by atoms with van der Waals surface area (Å²) in [5.41, 5.74) is 5.38. The summed E-state index contributed by atoms with van der Waals surface area (Å²) < 4.78 is 5.49. The molecule has 1 unspecified atom stereocenters. The van der Waals surface area contributed by atoms with E-state index in [1.807, 2.05) is 12.1 Å². The van der Waals surface area contributed by atoms with Crippen LogP contribution in [0.4, 0.5) is 0 Å². The van der Waals surface area contributed by atoms with Crippen molar-refractivity contribution in [1.82, 2.24) is 0 Å². The van der Waals surface area contributed by atoms with Gasteiger partial charge in [0.2, 0.25) is 0 Å². The molecule has 3 N–H and O–H groups in total. The van der Waals surface area contributed by atoms with Gasteiger partial charge in [-0.25, -0.2) is 0 Å². The Morgan fingerprint density at radius 2 is 2.06 bits per heavy atom. The predicted octanol–water partition coefficient (Wildman–Crippen LogP) is 2.25. The van der Waals surface area contributed by atoms with E-state index in [1.54, 1.807) is 23.9 Å². The summed E-state index contributed by atoms with van der Waals surface area (Å²) >= 11 is 7.38. The number of benzene rings is 1. The Labute approximate surface area is 115 Å². The molecular weight excluding hydrogens is 274 g/mol. The van der Waals surface area contributed by atoms with Crippen LogP contribution in [0.3, 0.4) is 0 Å². The fraction of sp³-hybridized carbons (Fsp3) is 0.417. The first-order valence-corrected chi connectivity index (χ1v) is 7.07. The average molecular weight is 290 g/mol. The number of rotatable bonds is 8. The molecule has 18 heavy (non-hydrogen) atoms. The molecule has 0 saturated heterocycles. The standard InChI is InChI=1S/C12H16ClNO3S/c13-9-1-3-10(4-2-9)17-6-8-18-7-5-11(14)12(15)16/h1-4,11H,5-8,14H2,(H,15,16). The Hall–Kier alpha value is -0.910. The van der Waals surface area contributed by atoms with Gasteiger partial charge in [-0.05, 0) is 36.4 Å². The second kappa shape index (κ2) is 8.24. The Morgan fingerprint density at radius 3 is 2.67 bits per heavy atom. The molecule has 0 bridgehead atoms. The molecular formula is C12H16ClNO3S. The van der Waals surface area contributed by atoms with Gasteiger partial charge in [-0.15, -0.1) is 0 Å². The van der Waals surface area contributed by atoms with Crippen LogP contribution in [0.1, 0.15) is 6.42 Å². The minimum absolute atomic E-state index is 0.473. The molecule has 0 aliphatic carbocycles. The quantitative estimate of drug-likeness (QED) is 0.718. The van der Waals surface area contributed by atoms with Crippen molar-refractivity contribution in [3.05, 3.63) is 29.3 Å². The van der Waals surface area contributed by atoms with Crippen LogP contribution < -0.4 is 10.5 Å². The van der Waals surface area contributed by atoms with E-state index < -0.39 is 12.0 Å². The highest BCUT2D eigenvalue weighted by molar-refractivity contribution is 7.99. The third-order valence-electron chi connectivity index (χ3n) is 2.20. The van der Waals surface area contributed by atoms with Gasteiger partial charge in [0.05, 0.1) is 6.61 Å². The second-order valence-corrected chi connectivity index (χ2v) is 5.31. The summed E-state index contributed by atoms with van der Waals surface area (Å²) in [5.74, 6) is 1.35. The molecule has 0 heterocycles. The molecule has 1 atom stereocenters. The van der Waals surface area contributed by atoms with Gasteiger partial charge in [0.25, 0.3) is 0 Å². The summed E-state index contributed by atoms with van der Waals surface area (Å²) in [5, 5.41) is 9.27. The van der Waals surface area contributed by atoms with E-state index in [1.165, 1.54) is 0 Å².